The van der Waals surface area contributed by atoms with E-state index < -0.39 is 11.4 Å². The van der Waals surface area contributed by atoms with Crippen LogP contribution in [0, 0.1) is 17.7 Å². The van der Waals surface area contributed by atoms with Crippen LogP contribution in [0.5, 0.6) is 0 Å². The van der Waals surface area contributed by atoms with E-state index in [4.69, 9.17) is 0 Å². The number of fused-ring (bicyclic) bond motifs is 1. The van der Waals surface area contributed by atoms with Crippen LogP contribution in [-0.2, 0) is 4.79 Å². The monoisotopic (exact) mass is 393 g/mol. The zero-order valence-electron chi connectivity index (χ0n) is 15.9. The van der Waals surface area contributed by atoms with Gasteiger partial charge in [0.25, 0.3) is 5.91 Å². The van der Waals surface area contributed by atoms with Crippen molar-refractivity contribution in [2.45, 2.75) is 25.4 Å². The van der Waals surface area contributed by atoms with E-state index in [0.29, 0.717) is 48.4 Å². The van der Waals surface area contributed by atoms with Gasteiger partial charge in [-0.3, -0.25) is 9.59 Å². The number of nitrogens with one attached hydrogen (secondary N) is 3. The van der Waals surface area contributed by atoms with Crippen molar-refractivity contribution in [1.82, 2.24) is 10.3 Å². The highest BCUT2D eigenvalue weighted by Crippen LogP contribution is 2.37. The minimum atomic E-state index is -1.18. The van der Waals surface area contributed by atoms with Gasteiger partial charge in [-0.15, -0.1) is 0 Å². The Morgan fingerprint density at radius 2 is 2.07 bits per heavy atom. The molecule has 0 bridgehead atoms. The fraction of sp³-hybridized carbons (Fsp3) is 0.273. The topological polar surface area (TPSA) is 94.2 Å². The van der Waals surface area contributed by atoms with Crippen molar-refractivity contribution in [2.24, 2.45) is 0 Å². The number of halogens is 1. The molecule has 1 fully saturated rings. The molecule has 0 atom stereocenters. The van der Waals surface area contributed by atoms with Gasteiger partial charge in [0.1, 0.15) is 11.4 Å². The van der Waals surface area contributed by atoms with Gasteiger partial charge in [-0.25, -0.2) is 4.39 Å². The molecule has 4 rings (SSSR count). The molecular formula is C22H20FN3O3. The van der Waals surface area contributed by atoms with Gasteiger partial charge in [0.2, 0.25) is 0 Å². The second-order valence-corrected chi connectivity index (χ2v) is 7.29. The normalized spacial score (nSPS) is 18.7. The van der Waals surface area contributed by atoms with Gasteiger partial charge in [0.15, 0.2) is 5.78 Å². The standard InChI is InChI=1S/C22H20FN3O3/c1-13(27)14-10-15(25-12-14)11-17-20-16(4-5-22(29)6-8-24-9-7-22)18(23)2-3-19(20)26-21(17)28/h2-3,10-12,24-25,29H,6-9H2,1H3,(H,26,28). The molecule has 1 aromatic carbocycles. The Kier molecular flexibility index (Phi) is 4.82. The van der Waals surface area contributed by atoms with Gasteiger partial charge in [0.05, 0.1) is 16.8 Å². The van der Waals surface area contributed by atoms with E-state index in [1.807, 2.05) is 0 Å². The molecule has 2 aliphatic rings. The summed E-state index contributed by atoms with van der Waals surface area (Å²) in [5.41, 5.74) is 0.990. The minimum Gasteiger partial charge on any atom is -0.377 e. The number of amides is 1. The average molecular weight is 393 g/mol. The molecule has 2 aliphatic heterocycles. The SMILES string of the molecule is CC(=O)c1c[nH]c(C=C2C(=O)Nc3ccc(F)c(C#CC4(O)CCNCC4)c32)c1. The lowest BCUT2D eigenvalue weighted by molar-refractivity contribution is -0.110. The number of anilines is 1. The number of hydrogen-bond donors (Lipinski definition) is 4. The van der Waals surface area contributed by atoms with Gasteiger partial charge in [-0.2, -0.15) is 0 Å². The Morgan fingerprint density at radius 1 is 1.31 bits per heavy atom. The van der Waals surface area contributed by atoms with Crippen molar-refractivity contribution in [1.29, 1.82) is 0 Å². The molecule has 148 valence electrons. The molecule has 0 saturated carbocycles. The largest absolute Gasteiger partial charge is 0.377 e. The van der Waals surface area contributed by atoms with E-state index in [1.165, 1.54) is 19.1 Å². The number of ketones is 1. The Labute approximate surface area is 167 Å². The first kappa shape index (κ1) is 19.1. The van der Waals surface area contributed by atoms with Crippen LogP contribution >= 0.6 is 0 Å². The highest BCUT2D eigenvalue weighted by molar-refractivity contribution is 6.35. The van der Waals surface area contributed by atoms with E-state index in [1.54, 1.807) is 18.3 Å². The highest BCUT2D eigenvalue weighted by atomic mass is 19.1. The van der Waals surface area contributed by atoms with Gasteiger partial charge in [-0.1, -0.05) is 11.8 Å². The van der Waals surface area contributed by atoms with E-state index in [2.05, 4.69) is 27.5 Å². The van der Waals surface area contributed by atoms with Gasteiger partial charge in [-0.05, 0) is 57.1 Å². The van der Waals surface area contributed by atoms with Crippen LogP contribution in [0.2, 0.25) is 0 Å². The predicted molar refractivity (Wildman–Crippen MR) is 108 cm³/mol. The van der Waals surface area contributed by atoms with Crippen molar-refractivity contribution >= 4 is 29.0 Å². The fourth-order valence-electron chi connectivity index (χ4n) is 3.52. The summed E-state index contributed by atoms with van der Waals surface area (Å²) in [4.78, 5) is 27.0. The van der Waals surface area contributed by atoms with Crippen LogP contribution in [0.15, 0.2) is 24.4 Å². The zero-order chi connectivity index (χ0) is 20.6. The van der Waals surface area contributed by atoms with Crippen LogP contribution in [0.3, 0.4) is 0 Å². The molecule has 0 radical (unpaired) electrons. The number of benzene rings is 1. The van der Waals surface area contributed by atoms with Gasteiger partial charge >= 0.3 is 0 Å². The molecule has 0 aliphatic carbocycles. The molecule has 1 aromatic heterocycles. The van der Waals surface area contributed by atoms with Crippen molar-refractivity contribution in [2.75, 3.05) is 18.4 Å². The molecular weight excluding hydrogens is 373 g/mol. The maximum Gasteiger partial charge on any atom is 0.256 e. The summed E-state index contributed by atoms with van der Waals surface area (Å²) in [5.74, 6) is 4.55. The number of carbonyl (C=O) groups excluding carboxylic acids is 2. The maximum atomic E-state index is 14.7. The molecule has 1 saturated heterocycles. The molecule has 6 nitrogen and oxygen atoms in total. The number of aromatic amines is 1. The van der Waals surface area contributed by atoms with Crippen LogP contribution in [0.25, 0.3) is 11.6 Å². The summed E-state index contributed by atoms with van der Waals surface area (Å²) in [5, 5.41) is 16.5. The summed E-state index contributed by atoms with van der Waals surface area (Å²) in [7, 11) is 0. The first-order valence-corrected chi connectivity index (χ1v) is 9.38. The number of aliphatic hydroxyl groups is 1. The maximum absolute atomic E-state index is 14.7. The second-order valence-electron chi connectivity index (χ2n) is 7.29. The van der Waals surface area contributed by atoms with Crippen LogP contribution in [0.1, 0.15) is 46.9 Å². The lowest BCUT2D eigenvalue weighted by Gasteiger charge is -2.27. The van der Waals surface area contributed by atoms with E-state index in [0.717, 1.165) is 0 Å². The smallest absolute Gasteiger partial charge is 0.256 e. The molecule has 29 heavy (non-hydrogen) atoms. The summed E-state index contributed by atoms with van der Waals surface area (Å²) in [6.45, 7) is 2.72. The van der Waals surface area contributed by atoms with Crippen molar-refractivity contribution in [3.8, 4) is 11.8 Å². The van der Waals surface area contributed by atoms with Gasteiger partial charge < -0.3 is 20.7 Å². The Morgan fingerprint density at radius 3 is 2.76 bits per heavy atom. The third-order valence-corrected chi connectivity index (χ3v) is 5.18. The molecule has 4 N–H and O–H groups in total. The molecule has 0 unspecified atom stereocenters. The number of carbonyl (C=O) groups is 2. The number of aromatic nitrogens is 1. The number of piperidine rings is 1. The first-order valence-electron chi connectivity index (χ1n) is 9.38. The number of hydrogen-bond acceptors (Lipinski definition) is 4. The predicted octanol–water partition coefficient (Wildman–Crippen LogP) is 2.32. The van der Waals surface area contributed by atoms with Crippen LogP contribution in [0.4, 0.5) is 10.1 Å². The average Bonchev–Trinajstić information content (AvgIpc) is 3.27. The second kappa shape index (κ2) is 7.32. The Bertz CT molecular complexity index is 1100. The Balaban J connectivity index is 1.79. The minimum absolute atomic E-state index is 0.0670. The number of rotatable bonds is 2. The summed E-state index contributed by atoms with van der Waals surface area (Å²) >= 11 is 0. The number of H-pyrrole nitrogens is 1. The van der Waals surface area contributed by atoms with Gasteiger partial charge in [0, 0.05) is 23.0 Å². The third kappa shape index (κ3) is 3.73. The quantitative estimate of drug-likeness (QED) is 0.358. The van der Waals surface area contributed by atoms with Crippen LogP contribution < -0.4 is 10.6 Å². The Hall–Kier alpha value is -3.21. The molecule has 1 amide bonds. The molecule has 0 spiro atoms. The third-order valence-electron chi connectivity index (χ3n) is 5.18. The number of Topliss-reactive ketones (excluding diaryl/α,β-unsaturated/α-hetero) is 1. The zero-order valence-corrected chi connectivity index (χ0v) is 15.9. The fourth-order valence-corrected chi connectivity index (χ4v) is 3.52. The van der Waals surface area contributed by atoms with Crippen molar-refractivity contribution < 1.29 is 19.1 Å². The molecule has 2 aromatic rings. The van der Waals surface area contributed by atoms with Crippen molar-refractivity contribution in [3.63, 3.8) is 0 Å². The first-order chi connectivity index (χ1) is 13.9. The van der Waals surface area contributed by atoms with Crippen molar-refractivity contribution in [3.05, 3.63) is 52.6 Å². The summed E-state index contributed by atoms with van der Waals surface area (Å²) < 4.78 is 14.7. The summed E-state index contributed by atoms with van der Waals surface area (Å²) in [6, 6.07) is 4.37. The van der Waals surface area contributed by atoms with Crippen LogP contribution in [-0.4, -0.2) is 40.5 Å². The van der Waals surface area contributed by atoms with E-state index in [9.17, 15) is 19.1 Å². The highest BCUT2D eigenvalue weighted by Gasteiger charge is 2.30. The molecule has 7 heteroatoms. The lowest BCUT2D eigenvalue weighted by Crippen LogP contribution is -2.40. The molecule has 3 heterocycles. The van der Waals surface area contributed by atoms with E-state index >= 15 is 0 Å². The van der Waals surface area contributed by atoms with E-state index in [-0.39, 0.29) is 22.8 Å². The lowest BCUT2D eigenvalue weighted by atomic mass is 9.92. The summed E-state index contributed by atoms with van der Waals surface area (Å²) in [6.07, 6.45) is 4.03.